The lowest BCUT2D eigenvalue weighted by atomic mass is 10.1. The van der Waals surface area contributed by atoms with E-state index in [9.17, 15) is 14.7 Å². The Morgan fingerprint density at radius 1 is 0.491 bits per heavy atom. The lowest BCUT2D eigenvalue weighted by Crippen LogP contribution is -2.27. The summed E-state index contributed by atoms with van der Waals surface area (Å²) in [7, 11) is 0. The highest BCUT2D eigenvalue weighted by Crippen LogP contribution is 2.13. The highest BCUT2D eigenvalue weighted by atomic mass is 16.7. The van der Waals surface area contributed by atoms with E-state index in [1.54, 1.807) is 0 Å². The van der Waals surface area contributed by atoms with Crippen LogP contribution < -0.4 is 0 Å². The molecule has 0 aromatic heterocycles. The number of aliphatic hydroxyl groups excluding tert-OH is 1. The largest absolute Gasteiger partial charge is 0.466 e. The second kappa shape index (κ2) is 45.0. The average molecular weight is 780 g/mol. The summed E-state index contributed by atoms with van der Waals surface area (Å²) in [5.41, 5.74) is 0. The summed E-state index contributed by atoms with van der Waals surface area (Å²) in [6.07, 6.45) is 38.6. The standard InChI is InChI=1S/C47H89NO7/c1-4-7-10-13-16-23-30-41-52-45(50)34-25-18-17-19-26-37-48(39-28-29-40-49)38-27-20-24-31-42-53-46(51)35-36-47(54-43-32-21-14-11-8-5-2)55-44-33-22-15-12-9-6-3/h8-9,11-12,47,49H,4-7,10,13-44H2,1-3H3/b11-8-,12-9-. The van der Waals surface area contributed by atoms with Crippen LogP contribution in [0.2, 0.25) is 0 Å². The van der Waals surface area contributed by atoms with Crippen LogP contribution in [0.3, 0.4) is 0 Å². The molecule has 0 aromatic rings. The molecular weight excluding hydrogens is 691 g/mol. The molecule has 0 heterocycles. The molecule has 0 radical (unpaired) electrons. The fourth-order valence-corrected chi connectivity index (χ4v) is 6.46. The Morgan fingerprint density at radius 2 is 0.927 bits per heavy atom. The Hall–Kier alpha value is -1.74. The van der Waals surface area contributed by atoms with Gasteiger partial charge in [0.1, 0.15) is 0 Å². The Bertz CT molecular complexity index is 840. The zero-order valence-corrected chi connectivity index (χ0v) is 36.4. The molecule has 8 nitrogen and oxygen atoms in total. The molecule has 324 valence electrons. The average Bonchev–Trinajstić information content (AvgIpc) is 3.18. The Kier molecular flexibility index (Phi) is 43.5. The van der Waals surface area contributed by atoms with Crippen molar-refractivity contribution >= 4 is 11.9 Å². The number of hydrogen-bond donors (Lipinski definition) is 1. The minimum atomic E-state index is -0.356. The van der Waals surface area contributed by atoms with Crippen LogP contribution in [0.4, 0.5) is 0 Å². The molecule has 0 aliphatic heterocycles. The van der Waals surface area contributed by atoms with Crippen LogP contribution in [0.15, 0.2) is 24.3 Å². The second-order valence-electron chi connectivity index (χ2n) is 15.2. The lowest BCUT2D eigenvalue weighted by molar-refractivity contribution is -0.159. The number of ether oxygens (including phenoxy) is 4. The van der Waals surface area contributed by atoms with Crippen molar-refractivity contribution in [2.45, 2.75) is 213 Å². The van der Waals surface area contributed by atoms with E-state index in [0.29, 0.717) is 45.7 Å². The normalized spacial score (nSPS) is 11.9. The van der Waals surface area contributed by atoms with Crippen molar-refractivity contribution in [3.8, 4) is 0 Å². The van der Waals surface area contributed by atoms with Crippen LogP contribution in [0, 0.1) is 0 Å². The molecule has 0 aliphatic rings. The molecule has 8 heteroatoms. The van der Waals surface area contributed by atoms with Crippen molar-refractivity contribution in [2.24, 2.45) is 0 Å². The zero-order chi connectivity index (χ0) is 40.1. The fraction of sp³-hybridized carbons (Fsp3) is 0.872. The summed E-state index contributed by atoms with van der Waals surface area (Å²) in [6, 6.07) is 0. The predicted octanol–water partition coefficient (Wildman–Crippen LogP) is 12.2. The van der Waals surface area contributed by atoms with Gasteiger partial charge in [-0.25, -0.2) is 0 Å². The maximum absolute atomic E-state index is 12.5. The summed E-state index contributed by atoms with van der Waals surface area (Å²) in [5, 5.41) is 9.26. The number of aliphatic hydroxyl groups is 1. The smallest absolute Gasteiger partial charge is 0.305 e. The van der Waals surface area contributed by atoms with Gasteiger partial charge in [0, 0.05) is 32.7 Å². The van der Waals surface area contributed by atoms with Crippen molar-refractivity contribution in [3.05, 3.63) is 24.3 Å². The molecule has 55 heavy (non-hydrogen) atoms. The number of esters is 2. The number of carbonyl (C=O) groups is 2. The molecule has 0 aromatic carbocycles. The third-order valence-electron chi connectivity index (χ3n) is 9.91. The van der Waals surface area contributed by atoms with Crippen molar-refractivity contribution in [1.82, 2.24) is 4.90 Å². The third kappa shape index (κ3) is 41.7. The summed E-state index contributed by atoms with van der Waals surface area (Å²) in [4.78, 5) is 27.1. The minimum Gasteiger partial charge on any atom is -0.466 e. The SMILES string of the molecule is CC/C=C\CCCCOC(CCC(=O)OCCCCCCN(CCCCO)CCCCCCCC(=O)OCCCCCCCCC)OCCCC/C=C\CC. The fourth-order valence-electron chi connectivity index (χ4n) is 6.46. The Balaban J connectivity index is 4.13. The molecular formula is C47H89NO7. The van der Waals surface area contributed by atoms with Crippen LogP contribution >= 0.6 is 0 Å². The molecule has 0 rings (SSSR count). The van der Waals surface area contributed by atoms with Crippen LogP contribution in [0.5, 0.6) is 0 Å². The lowest BCUT2D eigenvalue weighted by Gasteiger charge is -2.22. The van der Waals surface area contributed by atoms with E-state index in [0.717, 1.165) is 142 Å². The van der Waals surface area contributed by atoms with Crippen molar-refractivity contribution in [3.63, 3.8) is 0 Å². The van der Waals surface area contributed by atoms with Gasteiger partial charge in [0.05, 0.1) is 19.6 Å². The Morgan fingerprint density at radius 3 is 1.44 bits per heavy atom. The first-order chi connectivity index (χ1) is 27.1. The van der Waals surface area contributed by atoms with Gasteiger partial charge in [-0.2, -0.15) is 0 Å². The van der Waals surface area contributed by atoms with E-state index in [4.69, 9.17) is 18.9 Å². The Labute approximate surface area is 339 Å². The van der Waals surface area contributed by atoms with Gasteiger partial charge in [-0.05, 0) is 116 Å². The van der Waals surface area contributed by atoms with Gasteiger partial charge in [-0.3, -0.25) is 9.59 Å². The van der Waals surface area contributed by atoms with Crippen LogP contribution in [-0.2, 0) is 28.5 Å². The maximum Gasteiger partial charge on any atom is 0.305 e. The first-order valence-corrected chi connectivity index (χ1v) is 23.2. The van der Waals surface area contributed by atoms with Crippen LogP contribution in [-0.4, -0.2) is 80.9 Å². The molecule has 0 unspecified atom stereocenters. The molecule has 0 bridgehead atoms. The van der Waals surface area contributed by atoms with Gasteiger partial charge in [-0.15, -0.1) is 0 Å². The van der Waals surface area contributed by atoms with Gasteiger partial charge < -0.3 is 29.0 Å². The number of nitrogens with zero attached hydrogens (tertiary/aromatic N) is 1. The number of hydrogen-bond acceptors (Lipinski definition) is 8. The first-order valence-electron chi connectivity index (χ1n) is 23.2. The number of rotatable bonds is 44. The van der Waals surface area contributed by atoms with E-state index in [-0.39, 0.29) is 24.8 Å². The van der Waals surface area contributed by atoms with Gasteiger partial charge in [0.25, 0.3) is 0 Å². The monoisotopic (exact) mass is 780 g/mol. The van der Waals surface area contributed by atoms with E-state index in [1.807, 2.05) is 0 Å². The second-order valence-corrected chi connectivity index (χ2v) is 15.2. The van der Waals surface area contributed by atoms with Crippen molar-refractivity contribution in [1.29, 1.82) is 0 Å². The zero-order valence-electron chi connectivity index (χ0n) is 36.4. The van der Waals surface area contributed by atoms with Gasteiger partial charge in [0.15, 0.2) is 6.29 Å². The van der Waals surface area contributed by atoms with Gasteiger partial charge >= 0.3 is 11.9 Å². The predicted molar refractivity (Wildman–Crippen MR) is 230 cm³/mol. The van der Waals surface area contributed by atoms with Gasteiger partial charge in [-0.1, -0.05) is 116 Å². The summed E-state index contributed by atoms with van der Waals surface area (Å²) in [5.74, 6) is -0.200. The van der Waals surface area contributed by atoms with Crippen molar-refractivity contribution in [2.75, 3.05) is 52.7 Å². The summed E-state index contributed by atoms with van der Waals surface area (Å²) >= 11 is 0. The van der Waals surface area contributed by atoms with E-state index in [2.05, 4.69) is 50.0 Å². The van der Waals surface area contributed by atoms with Crippen LogP contribution in [0.1, 0.15) is 207 Å². The summed E-state index contributed by atoms with van der Waals surface area (Å²) in [6.45, 7) is 12.3. The topological polar surface area (TPSA) is 94.5 Å². The van der Waals surface area contributed by atoms with Crippen LogP contribution in [0.25, 0.3) is 0 Å². The quantitative estimate of drug-likeness (QED) is 0.0283. The highest BCUT2D eigenvalue weighted by molar-refractivity contribution is 5.69. The third-order valence-corrected chi connectivity index (χ3v) is 9.91. The molecule has 1 N–H and O–H groups in total. The van der Waals surface area contributed by atoms with Gasteiger partial charge in [0.2, 0.25) is 0 Å². The molecule has 0 fully saturated rings. The van der Waals surface area contributed by atoms with E-state index < -0.39 is 0 Å². The molecule has 0 amide bonds. The molecule has 0 spiro atoms. The number of unbranched alkanes of at least 4 members (excludes halogenated alkanes) is 18. The van der Waals surface area contributed by atoms with E-state index in [1.165, 1.54) is 44.9 Å². The molecule has 0 aliphatic carbocycles. The minimum absolute atomic E-state index is 0.0341. The van der Waals surface area contributed by atoms with Crippen molar-refractivity contribution < 1.29 is 33.6 Å². The number of carbonyl (C=O) groups excluding carboxylic acids is 2. The molecule has 0 atom stereocenters. The maximum atomic E-state index is 12.5. The highest BCUT2D eigenvalue weighted by Gasteiger charge is 2.14. The molecule has 0 saturated heterocycles. The summed E-state index contributed by atoms with van der Waals surface area (Å²) < 4.78 is 23.1. The number of allylic oxidation sites excluding steroid dienone is 4. The first kappa shape index (κ1) is 53.3. The molecule has 0 saturated carbocycles. The van der Waals surface area contributed by atoms with E-state index >= 15 is 0 Å².